The SMILES string of the molecule is NC1CCN(C2CCCC2=O)C1. The lowest BCUT2D eigenvalue weighted by atomic mass is 10.2. The van der Waals surface area contributed by atoms with Crippen LogP contribution >= 0.6 is 0 Å². The van der Waals surface area contributed by atoms with Gasteiger partial charge in [0.15, 0.2) is 0 Å². The molecule has 3 heteroatoms. The van der Waals surface area contributed by atoms with Crippen LogP contribution in [0.15, 0.2) is 0 Å². The normalized spacial score (nSPS) is 37.9. The Bertz CT molecular complexity index is 193. The molecule has 2 N–H and O–H groups in total. The highest BCUT2D eigenvalue weighted by molar-refractivity contribution is 5.85. The van der Waals surface area contributed by atoms with Gasteiger partial charge in [-0.25, -0.2) is 0 Å². The Kier molecular flexibility index (Phi) is 2.15. The van der Waals surface area contributed by atoms with Gasteiger partial charge in [-0.1, -0.05) is 0 Å². The Labute approximate surface area is 72.9 Å². The standard InChI is InChI=1S/C9H16N2O/c10-7-4-5-11(6-7)8-2-1-3-9(8)12/h7-8H,1-6,10H2. The lowest BCUT2D eigenvalue weighted by Crippen LogP contribution is -2.38. The van der Waals surface area contributed by atoms with Crippen molar-refractivity contribution < 1.29 is 4.79 Å². The van der Waals surface area contributed by atoms with Gasteiger partial charge in [0.05, 0.1) is 6.04 Å². The van der Waals surface area contributed by atoms with Crippen molar-refractivity contribution in [2.24, 2.45) is 5.73 Å². The summed E-state index contributed by atoms with van der Waals surface area (Å²) in [6.07, 6.45) is 3.99. The van der Waals surface area contributed by atoms with Crippen molar-refractivity contribution in [1.29, 1.82) is 0 Å². The lowest BCUT2D eigenvalue weighted by Gasteiger charge is -2.21. The van der Waals surface area contributed by atoms with Gasteiger partial charge in [0.2, 0.25) is 0 Å². The quantitative estimate of drug-likeness (QED) is 0.606. The molecule has 0 aromatic carbocycles. The molecule has 2 unspecified atom stereocenters. The monoisotopic (exact) mass is 168 g/mol. The summed E-state index contributed by atoms with van der Waals surface area (Å²) in [5, 5.41) is 0. The number of nitrogens with zero attached hydrogens (tertiary/aromatic N) is 1. The third-order valence-corrected chi connectivity index (χ3v) is 2.97. The van der Waals surface area contributed by atoms with Crippen LogP contribution in [-0.4, -0.2) is 35.9 Å². The van der Waals surface area contributed by atoms with Crippen molar-refractivity contribution in [2.45, 2.75) is 37.8 Å². The second-order valence-corrected chi connectivity index (χ2v) is 3.92. The second-order valence-electron chi connectivity index (χ2n) is 3.92. The molecule has 2 atom stereocenters. The highest BCUT2D eigenvalue weighted by Crippen LogP contribution is 2.23. The Morgan fingerprint density at radius 3 is 2.75 bits per heavy atom. The molecule has 68 valence electrons. The van der Waals surface area contributed by atoms with Gasteiger partial charge in [0, 0.05) is 25.6 Å². The predicted molar refractivity (Wildman–Crippen MR) is 46.8 cm³/mol. The number of carbonyl (C=O) groups excluding carboxylic acids is 1. The van der Waals surface area contributed by atoms with Crippen LogP contribution in [-0.2, 0) is 4.79 Å². The molecular formula is C9H16N2O. The van der Waals surface area contributed by atoms with Crippen molar-refractivity contribution in [2.75, 3.05) is 13.1 Å². The van der Waals surface area contributed by atoms with Crippen molar-refractivity contribution in [1.82, 2.24) is 4.90 Å². The molecular weight excluding hydrogens is 152 g/mol. The molecule has 2 aliphatic rings. The van der Waals surface area contributed by atoms with E-state index < -0.39 is 0 Å². The van der Waals surface area contributed by atoms with E-state index in [1.165, 1.54) is 0 Å². The Morgan fingerprint density at radius 2 is 2.25 bits per heavy atom. The molecule has 12 heavy (non-hydrogen) atoms. The summed E-state index contributed by atoms with van der Waals surface area (Å²) >= 11 is 0. The fourth-order valence-electron chi connectivity index (χ4n) is 2.28. The van der Waals surface area contributed by atoms with E-state index in [4.69, 9.17) is 5.73 Å². The Hall–Kier alpha value is -0.410. The van der Waals surface area contributed by atoms with Gasteiger partial charge >= 0.3 is 0 Å². The van der Waals surface area contributed by atoms with Crippen LogP contribution < -0.4 is 5.73 Å². The zero-order valence-corrected chi connectivity index (χ0v) is 7.33. The highest BCUT2D eigenvalue weighted by Gasteiger charge is 2.33. The minimum atomic E-state index is 0.221. The summed E-state index contributed by atoms with van der Waals surface area (Å²) in [6, 6.07) is 0.525. The Morgan fingerprint density at radius 1 is 1.42 bits per heavy atom. The number of Topliss-reactive ketones (excluding diaryl/α,β-unsaturated/α-hetero) is 1. The highest BCUT2D eigenvalue weighted by atomic mass is 16.1. The van der Waals surface area contributed by atoms with Crippen LogP contribution in [0.2, 0.25) is 0 Å². The summed E-state index contributed by atoms with van der Waals surface area (Å²) in [6.45, 7) is 1.95. The van der Waals surface area contributed by atoms with Gasteiger partial charge in [-0.3, -0.25) is 9.69 Å². The van der Waals surface area contributed by atoms with E-state index in [-0.39, 0.29) is 6.04 Å². The van der Waals surface area contributed by atoms with Gasteiger partial charge < -0.3 is 5.73 Å². The number of rotatable bonds is 1. The maximum atomic E-state index is 11.4. The first-order valence-electron chi connectivity index (χ1n) is 4.80. The molecule has 2 fully saturated rings. The van der Waals surface area contributed by atoms with Gasteiger partial charge in [-0.05, 0) is 19.3 Å². The predicted octanol–water partition coefficient (Wildman–Crippen LogP) is 0.141. The van der Waals surface area contributed by atoms with Crippen molar-refractivity contribution in [3.05, 3.63) is 0 Å². The third-order valence-electron chi connectivity index (χ3n) is 2.97. The van der Waals surface area contributed by atoms with Crippen molar-refractivity contribution in [3.8, 4) is 0 Å². The third kappa shape index (κ3) is 1.39. The molecule has 1 aliphatic heterocycles. The zero-order valence-electron chi connectivity index (χ0n) is 7.33. The minimum Gasteiger partial charge on any atom is -0.326 e. The van der Waals surface area contributed by atoms with Gasteiger partial charge in [-0.15, -0.1) is 0 Å². The summed E-state index contributed by atoms with van der Waals surface area (Å²) < 4.78 is 0. The van der Waals surface area contributed by atoms with Crippen LogP contribution in [0.25, 0.3) is 0 Å². The first-order chi connectivity index (χ1) is 5.77. The van der Waals surface area contributed by atoms with E-state index >= 15 is 0 Å². The molecule has 1 saturated heterocycles. The average molecular weight is 168 g/mol. The lowest BCUT2D eigenvalue weighted by molar-refractivity contribution is -0.121. The van der Waals surface area contributed by atoms with Crippen LogP contribution in [0.4, 0.5) is 0 Å². The molecule has 0 aromatic heterocycles. The fraction of sp³-hybridized carbons (Fsp3) is 0.889. The number of ketones is 1. The van der Waals surface area contributed by atoms with Gasteiger partial charge in [0.1, 0.15) is 5.78 Å². The van der Waals surface area contributed by atoms with E-state index in [1.807, 2.05) is 0 Å². The summed E-state index contributed by atoms with van der Waals surface area (Å²) in [5.41, 5.74) is 5.79. The molecule has 0 bridgehead atoms. The molecule has 0 amide bonds. The molecule has 0 spiro atoms. The van der Waals surface area contributed by atoms with Crippen molar-refractivity contribution >= 4 is 5.78 Å². The first-order valence-corrected chi connectivity index (χ1v) is 4.80. The number of hydrogen-bond acceptors (Lipinski definition) is 3. The van der Waals surface area contributed by atoms with E-state index in [1.54, 1.807) is 0 Å². The smallest absolute Gasteiger partial charge is 0.149 e. The largest absolute Gasteiger partial charge is 0.326 e. The van der Waals surface area contributed by atoms with Crippen LogP contribution in [0.3, 0.4) is 0 Å². The zero-order chi connectivity index (χ0) is 8.55. The number of hydrogen-bond donors (Lipinski definition) is 1. The first kappa shape index (κ1) is 8.20. The summed E-state index contributed by atoms with van der Waals surface area (Å²) in [5.74, 6) is 0.434. The van der Waals surface area contributed by atoms with E-state index in [9.17, 15) is 4.79 Å². The molecule has 1 aliphatic carbocycles. The molecule has 3 nitrogen and oxygen atoms in total. The van der Waals surface area contributed by atoms with Crippen LogP contribution in [0.1, 0.15) is 25.7 Å². The second kappa shape index (κ2) is 3.15. The van der Waals surface area contributed by atoms with Crippen LogP contribution in [0, 0.1) is 0 Å². The summed E-state index contributed by atoms with van der Waals surface area (Å²) in [7, 11) is 0. The Balaban J connectivity index is 1.96. The molecule has 1 heterocycles. The average Bonchev–Trinajstić information content (AvgIpc) is 2.58. The number of likely N-dealkylation sites (tertiary alicyclic amines) is 1. The molecule has 1 saturated carbocycles. The summed E-state index contributed by atoms with van der Waals surface area (Å²) in [4.78, 5) is 13.6. The maximum Gasteiger partial charge on any atom is 0.149 e. The van der Waals surface area contributed by atoms with Crippen molar-refractivity contribution in [3.63, 3.8) is 0 Å². The number of carbonyl (C=O) groups is 1. The van der Waals surface area contributed by atoms with Gasteiger partial charge in [0.25, 0.3) is 0 Å². The van der Waals surface area contributed by atoms with E-state index in [0.717, 1.165) is 38.8 Å². The van der Waals surface area contributed by atoms with Crippen LogP contribution in [0.5, 0.6) is 0 Å². The van der Waals surface area contributed by atoms with E-state index in [0.29, 0.717) is 11.8 Å². The topological polar surface area (TPSA) is 46.3 Å². The minimum absolute atomic E-state index is 0.221. The van der Waals surface area contributed by atoms with E-state index in [2.05, 4.69) is 4.90 Å². The number of nitrogens with two attached hydrogens (primary N) is 1. The molecule has 2 rings (SSSR count). The van der Waals surface area contributed by atoms with Gasteiger partial charge in [-0.2, -0.15) is 0 Å². The fourth-order valence-corrected chi connectivity index (χ4v) is 2.28. The molecule has 0 aromatic rings. The maximum absolute atomic E-state index is 11.4. The molecule has 0 radical (unpaired) electrons.